The molecule has 0 aromatic heterocycles. The molecule has 3 aliphatic heterocycles. The predicted molar refractivity (Wildman–Crippen MR) is 50.5 cm³/mol. The largest absolute Gasteiger partial charge is 0.246 e. The number of hydrogen-bond donors (Lipinski definition) is 1. The lowest BCUT2D eigenvalue weighted by Crippen LogP contribution is -2.67. The molecule has 0 aliphatic carbocycles. The second-order valence-electron chi connectivity index (χ2n) is 4.48. The van der Waals surface area contributed by atoms with Gasteiger partial charge in [0, 0.05) is 19.4 Å². The first-order valence-electron chi connectivity index (χ1n) is 5.46. The van der Waals surface area contributed by atoms with E-state index >= 15 is 0 Å². The summed E-state index contributed by atoms with van der Waals surface area (Å²) < 4.78 is 1.24. The molecule has 12 heavy (non-hydrogen) atoms. The van der Waals surface area contributed by atoms with Gasteiger partial charge in [0.05, 0.1) is 19.6 Å². The van der Waals surface area contributed by atoms with Crippen molar-refractivity contribution in [2.24, 2.45) is 5.92 Å². The second kappa shape index (κ2) is 3.35. The predicted octanol–water partition coefficient (Wildman–Crippen LogP) is 1.53. The van der Waals surface area contributed by atoms with Crippen LogP contribution in [0.3, 0.4) is 0 Å². The quantitative estimate of drug-likeness (QED) is 0.632. The van der Waals surface area contributed by atoms with Crippen molar-refractivity contribution in [1.29, 1.82) is 0 Å². The van der Waals surface area contributed by atoms with Gasteiger partial charge in [-0.05, 0) is 12.3 Å². The molecule has 3 rings (SSSR count). The molecule has 0 aromatic carbocycles. The Balaban J connectivity index is 1.90. The third-order valence-electron chi connectivity index (χ3n) is 3.59. The number of hydrogen-bond acceptors (Lipinski definition) is 1. The molecule has 0 radical (unpaired) electrons. The van der Waals surface area contributed by atoms with Gasteiger partial charge in [-0.15, -0.1) is 0 Å². The molecule has 0 spiro atoms. The van der Waals surface area contributed by atoms with Crippen molar-refractivity contribution in [2.75, 3.05) is 26.2 Å². The molecule has 0 atom stereocenters. The Labute approximate surface area is 75.5 Å². The summed E-state index contributed by atoms with van der Waals surface area (Å²) in [4.78, 5) is 0. The van der Waals surface area contributed by atoms with E-state index in [1.807, 2.05) is 0 Å². The topological polar surface area (TPSA) is 12.0 Å². The highest BCUT2D eigenvalue weighted by Gasteiger charge is 2.39. The summed E-state index contributed by atoms with van der Waals surface area (Å²) in [5, 5.41) is 0. The number of unbranched alkanes of at least 4 members (excludes halogenated alkanes) is 1. The first kappa shape index (κ1) is 8.52. The molecule has 0 aromatic rings. The number of rotatable bonds is 3. The van der Waals surface area contributed by atoms with Crippen LogP contribution in [0.1, 0.15) is 32.6 Å². The van der Waals surface area contributed by atoms with Crippen LogP contribution in [-0.2, 0) is 0 Å². The van der Waals surface area contributed by atoms with Crippen molar-refractivity contribution in [3.8, 4) is 0 Å². The maximum absolute atomic E-state index is 3.70. The Bertz CT molecular complexity index is 134. The molecule has 0 unspecified atom stereocenters. The smallest absolute Gasteiger partial charge is 0.0965 e. The highest BCUT2D eigenvalue weighted by atomic mass is 15.7. The van der Waals surface area contributed by atoms with Gasteiger partial charge in [0.2, 0.25) is 0 Å². The maximum atomic E-state index is 3.70. The van der Waals surface area contributed by atoms with E-state index in [0.717, 1.165) is 5.92 Å². The average molecular weight is 169 g/mol. The average Bonchev–Trinajstić information content (AvgIpc) is 2.18. The highest BCUT2D eigenvalue weighted by Crippen LogP contribution is 2.27. The van der Waals surface area contributed by atoms with E-state index in [4.69, 9.17) is 0 Å². The standard InChI is InChI=1S/C10H21N2/c1-2-3-6-12-7-4-10(5-8-12)9-11-12/h10-11H,2-9H2,1H3/q+1. The monoisotopic (exact) mass is 169 g/mol. The fourth-order valence-electron chi connectivity index (χ4n) is 2.56. The summed E-state index contributed by atoms with van der Waals surface area (Å²) in [6.07, 6.45) is 5.66. The molecule has 2 nitrogen and oxygen atoms in total. The van der Waals surface area contributed by atoms with Crippen LogP contribution in [0, 0.1) is 5.92 Å². The molecule has 3 fully saturated rings. The van der Waals surface area contributed by atoms with E-state index in [1.165, 1.54) is 56.5 Å². The van der Waals surface area contributed by atoms with Crippen LogP contribution in [0.15, 0.2) is 0 Å². The van der Waals surface area contributed by atoms with Crippen molar-refractivity contribution < 1.29 is 4.59 Å². The minimum atomic E-state index is 1.01. The van der Waals surface area contributed by atoms with Crippen molar-refractivity contribution in [3.05, 3.63) is 0 Å². The van der Waals surface area contributed by atoms with Gasteiger partial charge in [0.25, 0.3) is 0 Å². The third-order valence-corrected chi connectivity index (χ3v) is 3.59. The van der Waals surface area contributed by atoms with Crippen LogP contribution in [0.4, 0.5) is 0 Å². The molecule has 3 aliphatic rings. The van der Waals surface area contributed by atoms with Gasteiger partial charge in [0.1, 0.15) is 0 Å². The highest BCUT2D eigenvalue weighted by molar-refractivity contribution is 4.70. The number of piperidine rings is 1. The number of fused-ring (bicyclic) bond motifs is 3. The van der Waals surface area contributed by atoms with Gasteiger partial charge in [-0.1, -0.05) is 13.3 Å². The van der Waals surface area contributed by atoms with E-state index in [0.29, 0.717) is 0 Å². The Morgan fingerprint density at radius 1 is 1.33 bits per heavy atom. The van der Waals surface area contributed by atoms with Crippen LogP contribution in [-0.4, -0.2) is 30.8 Å². The molecule has 2 bridgehead atoms. The van der Waals surface area contributed by atoms with E-state index in [9.17, 15) is 0 Å². The Hall–Kier alpha value is -0.0800. The third kappa shape index (κ3) is 1.50. The minimum Gasteiger partial charge on any atom is -0.246 e. The Morgan fingerprint density at radius 3 is 2.58 bits per heavy atom. The van der Waals surface area contributed by atoms with E-state index in [-0.39, 0.29) is 0 Å². The van der Waals surface area contributed by atoms with Gasteiger partial charge in [0.15, 0.2) is 0 Å². The molecule has 3 heterocycles. The molecular weight excluding hydrogens is 148 g/mol. The van der Waals surface area contributed by atoms with Gasteiger partial charge in [-0.3, -0.25) is 0 Å². The Kier molecular flexibility index (Phi) is 2.37. The summed E-state index contributed by atoms with van der Waals surface area (Å²) in [6, 6.07) is 0. The first-order chi connectivity index (χ1) is 5.85. The zero-order valence-electron chi connectivity index (χ0n) is 8.18. The van der Waals surface area contributed by atoms with Gasteiger partial charge in [-0.25, -0.2) is 4.59 Å². The van der Waals surface area contributed by atoms with Gasteiger partial charge < -0.3 is 0 Å². The zero-order chi connectivity index (χ0) is 8.44. The fraction of sp³-hybridized carbons (Fsp3) is 1.00. The second-order valence-corrected chi connectivity index (χ2v) is 4.48. The fourth-order valence-corrected chi connectivity index (χ4v) is 2.56. The lowest BCUT2D eigenvalue weighted by molar-refractivity contribution is -0.983. The van der Waals surface area contributed by atoms with Gasteiger partial charge >= 0.3 is 0 Å². The van der Waals surface area contributed by atoms with Crippen LogP contribution in [0.2, 0.25) is 0 Å². The molecule has 3 saturated heterocycles. The normalized spacial score (nSPS) is 40.2. The zero-order valence-corrected chi connectivity index (χ0v) is 8.18. The summed E-state index contributed by atoms with van der Waals surface area (Å²) in [6.45, 7) is 7.72. The van der Waals surface area contributed by atoms with Gasteiger partial charge in [-0.2, -0.15) is 5.43 Å². The van der Waals surface area contributed by atoms with Crippen LogP contribution in [0.5, 0.6) is 0 Å². The minimum absolute atomic E-state index is 1.01. The number of nitrogens with zero attached hydrogens (tertiary/aromatic N) is 1. The van der Waals surface area contributed by atoms with Crippen LogP contribution >= 0.6 is 0 Å². The maximum Gasteiger partial charge on any atom is 0.0965 e. The first-order valence-corrected chi connectivity index (χ1v) is 5.46. The summed E-state index contributed by atoms with van der Waals surface area (Å²) in [5.74, 6) is 1.01. The van der Waals surface area contributed by atoms with Crippen LogP contribution in [0.25, 0.3) is 0 Å². The molecule has 70 valence electrons. The summed E-state index contributed by atoms with van der Waals surface area (Å²) in [7, 11) is 0. The van der Waals surface area contributed by atoms with E-state index in [1.54, 1.807) is 0 Å². The molecular formula is C10H21N2+. The molecule has 1 N–H and O–H groups in total. The lowest BCUT2D eigenvalue weighted by Gasteiger charge is -2.48. The van der Waals surface area contributed by atoms with E-state index in [2.05, 4.69) is 12.3 Å². The molecule has 0 amide bonds. The van der Waals surface area contributed by atoms with Crippen molar-refractivity contribution in [1.82, 2.24) is 5.43 Å². The van der Waals surface area contributed by atoms with Crippen LogP contribution < -0.4 is 5.43 Å². The SMILES string of the molecule is CCCC[N+]12CCC(CC1)CN2. The molecule has 2 heteroatoms. The van der Waals surface area contributed by atoms with Crippen molar-refractivity contribution in [2.45, 2.75) is 32.6 Å². The summed E-state index contributed by atoms with van der Waals surface area (Å²) >= 11 is 0. The number of nitrogens with one attached hydrogen (secondary N) is 1. The molecule has 0 saturated carbocycles. The lowest BCUT2D eigenvalue weighted by atomic mass is 9.93. The number of quaternary nitrogens is 1. The van der Waals surface area contributed by atoms with E-state index < -0.39 is 0 Å². The van der Waals surface area contributed by atoms with Crippen molar-refractivity contribution >= 4 is 0 Å². The van der Waals surface area contributed by atoms with Crippen molar-refractivity contribution in [3.63, 3.8) is 0 Å². The Morgan fingerprint density at radius 2 is 2.08 bits per heavy atom. The summed E-state index contributed by atoms with van der Waals surface area (Å²) in [5.41, 5.74) is 3.70.